The Morgan fingerprint density at radius 1 is 1.16 bits per heavy atom. The van der Waals surface area contributed by atoms with Crippen LogP contribution < -0.4 is 5.32 Å². The van der Waals surface area contributed by atoms with Crippen molar-refractivity contribution in [1.29, 1.82) is 0 Å². The molecule has 0 aliphatic heterocycles. The zero-order valence-corrected chi connectivity index (χ0v) is 18.1. The smallest absolute Gasteiger partial charge is 0.269 e. The number of benzene rings is 2. The molecule has 0 saturated heterocycles. The van der Waals surface area contributed by atoms with Gasteiger partial charge in [-0.25, -0.2) is 0 Å². The Hall–Kier alpha value is -3.20. The van der Waals surface area contributed by atoms with E-state index in [2.05, 4.69) is 58.2 Å². The number of carbonyl (C=O) groups is 1. The number of aromatic nitrogens is 3. The largest absolute Gasteiger partial charge is 0.325 e. The van der Waals surface area contributed by atoms with Crippen molar-refractivity contribution in [2.45, 2.75) is 43.8 Å². The first kappa shape index (κ1) is 21.0. The molecular weight excluding hydrogens is 414 g/mol. The van der Waals surface area contributed by atoms with Crippen LogP contribution in [0.1, 0.15) is 42.1 Å². The fraction of sp³-hybridized carbons (Fsp3) is 0.318. The monoisotopic (exact) mass is 437 g/mol. The zero-order valence-electron chi connectivity index (χ0n) is 17.3. The second-order valence-corrected chi connectivity index (χ2v) is 8.53. The number of nitrogens with zero attached hydrogens (tertiary/aromatic N) is 4. The summed E-state index contributed by atoms with van der Waals surface area (Å²) in [6.45, 7) is 4.88. The molecule has 8 nitrogen and oxygen atoms in total. The van der Waals surface area contributed by atoms with Crippen molar-refractivity contribution in [2.75, 3.05) is 11.1 Å². The topological polar surface area (TPSA) is 103 Å². The number of thioether (sulfide) groups is 1. The number of rotatable bonds is 8. The maximum Gasteiger partial charge on any atom is 0.269 e. The molecule has 1 N–H and O–H groups in total. The van der Waals surface area contributed by atoms with Crippen LogP contribution in [-0.2, 0) is 11.3 Å². The summed E-state index contributed by atoms with van der Waals surface area (Å²) in [5.41, 5.74) is 3.09. The van der Waals surface area contributed by atoms with Crippen molar-refractivity contribution < 1.29 is 9.72 Å². The number of carbonyl (C=O) groups excluding carboxylic acids is 1. The summed E-state index contributed by atoms with van der Waals surface area (Å²) in [5, 5.41) is 22.9. The van der Waals surface area contributed by atoms with Crippen LogP contribution in [0.25, 0.3) is 0 Å². The lowest BCUT2D eigenvalue weighted by atomic mass is 10.1. The molecule has 0 radical (unpaired) electrons. The Labute approximate surface area is 184 Å². The molecule has 0 bridgehead atoms. The fourth-order valence-electron chi connectivity index (χ4n) is 3.63. The van der Waals surface area contributed by atoms with E-state index >= 15 is 0 Å². The molecule has 1 saturated carbocycles. The number of aryl methyl sites for hydroxylation is 1. The van der Waals surface area contributed by atoms with E-state index in [0.717, 1.165) is 23.9 Å². The van der Waals surface area contributed by atoms with Crippen LogP contribution in [0, 0.1) is 17.0 Å². The second kappa shape index (κ2) is 8.89. The molecule has 0 spiro atoms. The van der Waals surface area contributed by atoms with E-state index in [1.54, 1.807) is 0 Å². The zero-order chi connectivity index (χ0) is 22.0. The first-order chi connectivity index (χ1) is 15.0. The first-order valence-electron chi connectivity index (χ1n) is 10.1. The Balaban J connectivity index is 1.36. The average Bonchev–Trinajstić information content (AvgIpc) is 3.44. The first-order valence-corrected chi connectivity index (χ1v) is 11.1. The normalized spacial score (nSPS) is 17.4. The van der Waals surface area contributed by atoms with Crippen molar-refractivity contribution in [3.63, 3.8) is 0 Å². The molecule has 1 amide bonds. The summed E-state index contributed by atoms with van der Waals surface area (Å²) in [5.74, 6) is 1.79. The second-order valence-electron chi connectivity index (χ2n) is 7.59. The number of nitro groups is 1. The lowest BCUT2D eigenvalue weighted by Gasteiger charge is -2.08. The molecular formula is C22H23N5O3S. The Morgan fingerprint density at radius 3 is 2.52 bits per heavy atom. The number of hydrogen-bond donors (Lipinski definition) is 1. The molecule has 1 heterocycles. The van der Waals surface area contributed by atoms with E-state index in [9.17, 15) is 14.9 Å². The van der Waals surface area contributed by atoms with E-state index in [-0.39, 0.29) is 17.3 Å². The highest BCUT2D eigenvalue weighted by Crippen LogP contribution is 2.54. The minimum Gasteiger partial charge on any atom is -0.325 e. The van der Waals surface area contributed by atoms with Gasteiger partial charge < -0.3 is 9.88 Å². The Morgan fingerprint density at radius 2 is 1.87 bits per heavy atom. The number of amides is 1. The third kappa shape index (κ3) is 4.77. The summed E-state index contributed by atoms with van der Waals surface area (Å²) >= 11 is 1.34. The minimum absolute atomic E-state index is 0.0139. The predicted molar refractivity (Wildman–Crippen MR) is 119 cm³/mol. The van der Waals surface area contributed by atoms with Gasteiger partial charge in [0.1, 0.15) is 5.82 Å². The van der Waals surface area contributed by atoms with Crippen molar-refractivity contribution in [3.8, 4) is 0 Å². The van der Waals surface area contributed by atoms with Crippen LogP contribution in [0.5, 0.6) is 0 Å². The van der Waals surface area contributed by atoms with Crippen LogP contribution >= 0.6 is 11.8 Å². The molecule has 2 aromatic carbocycles. The van der Waals surface area contributed by atoms with Gasteiger partial charge in [-0.15, -0.1) is 10.2 Å². The molecule has 1 fully saturated rings. The van der Waals surface area contributed by atoms with Crippen molar-refractivity contribution in [3.05, 3.63) is 75.6 Å². The quantitative estimate of drug-likeness (QED) is 0.316. The van der Waals surface area contributed by atoms with Gasteiger partial charge in [0.2, 0.25) is 5.91 Å². The number of nitrogens with one attached hydrogen (secondary N) is 1. The van der Waals surface area contributed by atoms with Crippen molar-refractivity contribution in [1.82, 2.24) is 14.8 Å². The van der Waals surface area contributed by atoms with Gasteiger partial charge in [0.15, 0.2) is 5.16 Å². The van der Waals surface area contributed by atoms with Crippen LogP contribution in [0.2, 0.25) is 0 Å². The molecule has 1 aromatic heterocycles. The van der Waals surface area contributed by atoms with Gasteiger partial charge in [0.25, 0.3) is 5.69 Å². The van der Waals surface area contributed by atoms with Crippen LogP contribution in [0.15, 0.2) is 53.7 Å². The fourth-order valence-corrected chi connectivity index (χ4v) is 4.44. The molecule has 160 valence electrons. The van der Waals surface area contributed by atoms with Crippen LogP contribution in [0.3, 0.4) is 0 Å². The molecule has 9 heteroatoms. The summed E-state index contributed by atoms with van der Waals surface area (Å²) in [6, 6.07) is 14.4. The number of non-ortho nitro benzene ring substituents is 1. The van der Waals surface area contributed by atoms with Gasteiger partial charge in [-0.1, -0.05) is 41.6 Å². The van der Waals surface area contributed by atoms with E-state index in [0.29, 0.717) is 17.5 Å². The lowest BCUT2D eigenvalue weighted by Crippen LogP contribution is -2.14. The summed E-state index contributed by atoms with van der Waals surface area (Å²) in [4.78, 5) is 22.5. The standard InChI is InChI=1S/C22H23N5O3S/c1-3-26-21(19-12-18(19)15-6-4-14(2)5-7-15)24-25-22(26)31-13-20(28)23-16-8-10-17(11-9-16)27(29)30/h4-11,18-19H,3,12-13H2,1-2H3,(H,23,28)/t18-,19+/m0/s1. The van der Waals surface area contributed by atoms with Gasteiger partial charge in [0.05, 0.1) is 10.7 Å². The SMILES string of the molecule is CCn1c(SCC(=O)Nc2ccc([N+](=O)[O-])cc2)nnc1[C@@H]1C[C@H]1c1ccc(C)cc1. The van der Waals surface area contributed by atoms with Gasteiger partial charge >= 0.3 is 0 Å². The number of anilines is 1. The van der Waals surface area contributed by atoms with Gasteiger partial charge in [0, 0.05) is 30.3 Å². The van der Waals surface area contributed by atoms with E-state index < -0.39 is 4.92 Å². The third-order valence-corrected chi connectivity index (χ3v) is 6.35. The van der Waals surface area contributed by atoms with E-state index in [1.165, 1.54) is 47.2 Å². The maximum absolute atomic E-state index is 12.3. The summed E-state index contributed by atoms with van der Waals surface area (Å²) in [7, 11) is 0. The Kier molecular flexibility index (Phi) is 6.03. The maximum atomic E-state index is 12.3. The lowest BCUT2D eigenvalue weighted by molar-refractivity contribution is -0.384. The highest BCUT2D eigenvalue weighted by Gasteiger charge is 2.43. The molecule has 3 aromatic rings. The summed E-state index contributed by atoms with van der Waals surface area (Å²) < 4.78 is 2.09. The van der Waals surface area contributed by atoms with E-state index in [1.807, 2.05) is 0 Å². The highest BCUT2D eigenvalue weighted by atomic mass is 32.2. The third-order valence-electron chi connectivity index (χ3n) is 5.38. The molecule has 1 aliphatic carbocycles. The van der Waals surface area contributed by atoms with Crippen LogP contribution in [0.4, 0.5) is 11.4 Å². The van der Waals surface area contributed by atoms with Crippen LogP contribution in [-0.4, -0.2) is 31.3 Å². The summed E-state index contributed by atoms with van der Waals surface area (Å²) in [6.07, 6.45) is 1.06. The number of hydrogen-bond acceptors (Lipinski definition) is 6. The van der Waals surface area contributed by atoms with Crippen molar-refractivity contribution >= 4 is 29.0 Å². The minimum atomic E-state index is -0.472. The highest BCUT2D eigenvalue weighted by molar-refractivity contribution is 7.99. The molecule has 4 rings (SSSR count). The average molecular weight is 438 g/mol. The van der Waals surface area contributed by atoms with Gasteiger partial charge in [-0.3, -0.25) is 14.9 Å². The van der Waals surface area contributed by atoms with Gasteiger partial charge in [-0.05, 0) is 43.9 Å². The molecule has 31 heavy (non-hydrogen) atoms. The molecule has 0 unspecified atom stereocenters. The predicted octanol–water partition coefficient (Wildman–Crippen LogP) is 4.52. The molecule has 1 aliphatic rings. The van der Waals surface area contributed by atoms with Gasteiger partial charge in [-0.2, -0.15) is 0 Å². The van der Waals surface area contributed by atoms with E-state index in [4.69, 9.17) is 0 Å². The molecule has 2 atom stereocenters. The van der Waals surface area contributed by atoms with Crippen molar-refractivity contribution in [2.24, 2.45) is 0 Å². The number of nitro benzene ring substituents is 1. The Bertz CT molecular complexity index is 1100.